The molecule has 0 spiro atoms. The van der Waals surface area contributed by atoms with Crippen LogP contribution in [0.4, 0.5) is 0 Å². The quantitative estimate of drug-likeness (QED) is 0.687. The second-order valence-electron chi connectivity index (χ2n) is 7.67. The van der Waals surface area contributed by atoms with Crippen LogP contribution in [0.2, 0.25) is 0 Å². The van der Waals surface area contributed by atoms with Gasteiger partial charge in [-0.05, 0) is 78.5 Å². The number of hydrogen-bond donors (Lipinski definition) is 3. The van der Waals surface area contributed by atoms with Crippen molar-refractivity contribution >= 4 is 0 Å². The minimum Gasteiger partial charge on any atom is -0.508 e. The predicted octanol–water partition coefficient (Wildman–Crippen LogP) is 2.55. The molecule has 3 aliphatic rings. The molecule has 2 saturated carbocycles. The monoisotopic (exact) mass is 287 g/mol. The first-order valence-corrected chi connectivity index (χ1v) is 8.26. The molecule has 3 nitrogen and oxygen atoms in total. The van der Waals surface area contributed by atoms with Crippen LogP contribution in [0.3, 0.4) is 0 Å². The van der Waals surface area contributed by atoms with Gasteiger partial charge in [0.2, 0.25) is 0 Å². The van der Waals surface area contributed by atoms with E-state index in [1.807, 2.05) is 12.1 Å². The van der Waals surface area contributed by atoms with Gasteiger partial charge in [-0.25, -0.2) is 0 Å². The highest BCUT2D eigenvalue weighted by molar-refractivity contribution is 5.40. The molecule has 0 aliphatic heterocycles. The summed E-state index contributed by atoms with van der Waals surface area (Å²) < 4.78 is 0. The van der Waals surface area contributed by atoms with Gasteiger partial charge in [0, 0.05) is 6.04 Å². The third-order valence-corrected chi connectivity index (χ3v) is 6.82. The van der Waals surface area contributed by atoms with Gasteiger partial charge in [0.25, 0.3) is 0 Å². The molecule has 0 radical (unpaired) electrons. The number of aromatic hydroxyl groups is 1. The van der Waals surface area contributed by atoms with Gasteiger partial charge in [-0.3, -0.25) is 0 Å². The highest BCUT2D eigenvalue weighted by Gasteiger charge is 2.56. The molecule has 2 fully saturated rings. The van der Waals surface area contributed by atoms with E-state index in [0.717, 1.165) is 25.7 Å². The Morgan fingerprint density at radius 3 is 2.90 bits per heavy atom. The summed E-state index contributed by atoms with van der Waals surface area (Å²) in [5.41, 5.74) is 9.18. The lowest BCUT2D eigenvalue weighted by atomic mass is 9.55. The number of fused-ring (bicyclic) bond motifs is 5. The average Bonchev–Trinajstić information content (AvgIpc) is 2.70. The van der Waals surface area contributed by atoms with E-state index in [-0.39, 0.29) is 17.6 Å². The zero-order valence-corrected chi connectivity index (χ0v) is 12.6. The van der Waals surface area contributed by atoms with Crippen molar-refractivity contribution in [3.63, 3.8) is 0 Å². The molecular formula is C18H25NO2. The van der Waals surface area contributed by atoms with Crippen molar-refractivity contribution in [2.24, 2.45) is 23.0 Å². The summed E-state index contributed by atoms with van der Waals surface area (Å²) in [7, 11) is 0. The van der Waals surface area contributed by atoms with E-state index in [2.05, 4.69) is 13.0 Å². The Hall–Kier alpha value is -1.06. The first-order chi connectivity index (χ1) is 10.0. The van der Waals surface area contributed by atoms with Crippen molar-refractivity contribution in [1.29, 1.82) is 0 Å². The predicted molar refractivity (Wildman–Crippen MR) is 82.1 cm³/mol. The molecule has 21 heavy (non-hydrogen) atoms. The smallest absolute Gasteiger partial charge is 0.115 e. The summed E-state index contributed by atoms with van der Waals surface area (Å²) in [6.45, 7) is 2.29. The zero-order valence-electron chi connectivity index (χ0n) is 12.6. The highest BCUT2D eigenvalue weighted by atomic mass is 16.3. The zero-order chi connectivity index (χ0) is 14.8. The Labute approximate surface area is 126 Å². The Kier molecular flexibility index (Phi) is 2.89. The minimum atomic E-state index is -0.333. The van der Waals surface area contributed by atoms with E-state index < -0.39 is 0 Å². The standard InChI is InChI=1S/C18H25NO2/c1-18-7-6-13-12-5-3-11(20)8-10(12)2-4-14(13)15(18)9-16(21)17(18)19/h3,5,8,13-17,20-21H,2,4,6-7,9,19H2,1H3/t13-,14-,15+,16+,17+,18+/m1/s1. The van der Waals surface area contributed by atoms with Crippen LogP contribution in [-0.2, 0) is 6.42 Å². The van der Waals surface area contributed by atoms with Crippen LogP contribution >= 0.6 is 0 Å². The van der Waals surface area contributed by atoms with E-state index in [1.54, 1.807) is 0 Å². The maximum atomic E-state index is 10.3. The van der Waals surface area contributed by atoms with Crippen LogP contribution < -0.4 is 5.73 Å². The average molecular weight is 287 g/mol. The number of aliphatic hydroxyl groups is 1. The molecule has 0 unspecified atom stereocenters. The first-order valence-electron chi connectivity index (χ1n) is 8.26. The maximum Gasteiger partial charge on any atom is 0.115 e. The van der Waals surface area contributed by atoms with Gasteiger partial charge in [-0.2, -0.15) is 0 Å². The molecular weight excluding hydrogens is 262 g/mol. The van der Waals surface area contributed by atoms with E-state index in [1.165, 1.54) is 17.5 Å². The lowest BCUT2D eigenvalue weighted by molar-refractivity contribution is 0.0472. The van der Waals surface area contributed by atoms with Crippen molar-refractivity contribution in [3.05, 3.63) is 29.3 Å². The third-order valence-electron chi connectivity index (χ3n) is 6.82. The van der Waals surface area contributed by atoms with Gasteiger partial charge in [0.05, 0.1) is 6.10 Å². The number of aliphatic hydroxyl groups excluding tert-OH is 1. The third kappa shape index (κ3) is 1.80. The SMILES string of the molecule is C[C@]12CC[C@@H]3c4ccc(O)cc4CC[C@H]3[C@@H]1C[C@H](O)[C@@H]2N. The van der Waals surface area contributed by atoms with Crippen molar-refractivity contribution in [3.8, 4) is 5.75 Å². The summed E-state index contributed by atoms with van der Waals surface area (Å²) in [6.07, 6.45) is 5.02. The van der Waals surface area contributed by atoms with Crippen molar-refractivity contribution in [1.82, 2.24) is 0 Å². The van der Waals surface area contributed by atoms with Crippen LogP contribution in [0, 0.1) is 17.3 Å². The fourth-order valence-corrected chi connectivity index (χ4v) is 5.62. The maximum absolute atomic E-state index is 10.3. The van der Waals surface area contributed by atoms with Crippen LogP contribution in [0.15, 0.2) is 18.2 Å². The molecule has 114 valence electrons. The Balaban J connectivity index is 1.71. The largest absolute Gasteiger partial charge is 0.508 e. The topological polar surface area (TPSA) is 66.5 Å². The molecule has 0 heterocycles. The first kappa shape index (κ1) is 13.6. The molecule has 3 aliphatic carbocycles. The fraction of sp³-hybridized carbons (Fsp3) is 0.667. The number of rotatable bonds is 0. The summed E-state index contributed by atoms with van der Waals surface area (Å²) in [5.74, 6) is 2.16. The van der Waals surface area contributed by atoms with E-state index in [9.17, 15) is 10.2 Å². The molecule has 0 aromatic heterocycles. The van der Waals surface area contributed by atoms with Gasteiger partial charge >= 0.3 is 0 Å². The molecule has 4 N–H and O–H groups in total. The number of benzene rings is 1. The lowest BCUT2D eigenvalue weighted by Crippen LogP contribution is -2.48. The van der Waals surface area contributed by atoms with E-state index in [0.29, 0.717) is 23.5 Å². The lowest BCUT2D eigenvalue weighted by Gasteiger charge is -2.50. The summed E-state index contributed by atoms with van der Waals surface area (Å²) in [5, 5.41) is 20.0. The Morgan fingerprint density at radius 2 is 2.10 bits per heavy atom. The number of nitrogens with two attached hydrogens (primary N) is 1. The number of phenols is 1. The number of phenolic OH excluding ortho intramolecular Hbond substituents is 1. The summed E-state index contributed by atoms with van der Waals surface area (Å²) in [4.78, 5) is 0. The minimum absolute atomic E-state index is 0.0651. The van der Waals surface area contributed by atoms with Gasteiger partial charge in [-0.1, -0.05) is 13.0 Å². The highest BCUT2D eigenvalue weighted by Crippen LogP contribution is 2.60. The molecule has 6 atom stereocenters. The van der Waals surface area contributed by atoms with Crippen LogP contribution in [0.1, 0.15) is 49.7 Å². The Bertz CT molecular complexity index is 572. The Morgan fingerprint density at radius 1 is 1.29 bits per heavy atom. The molecule has 0 saturated heterocycles. The molecule has 4 rings (SSSR count). The van der Waals surface area contributed by atoms with E-state index >= 15 is 0 Å². The van der Waals surface area contributed by atoms with Crippen molar-refractivity contribution in [2.45, 2.75) is 57.1 Å². The van der Waals surface area contributed by atoms with Crippen molar-refractivity contribution < 1.29 is 10.2 Å². The van der Waals surface area contributed by atoms with Gasteiger partial charge in [0.15, 0.2) is 0 Å². The van der Waals surface area contributed by atoms with Gasteiger partial charge < -0.3 is 15.9 Å². The second-order valence-corrected chi connectivity index (χ2v) is 7.67. The number of hydrogen-bond acceptors (Lipinski definition) is 3. The molecule has 0 bridgehead atoms. The molecule has 0 amide bonds. The summed E-state index contributed by atoms with van der Waals surface area (Å²) in [6, 6.07) is 5.82. The fourth-order valence-electron chi connectivity index (χ4n) is 5.62. The molecule has 1 aromatic carbocycles. The van der Waals surface area contributed by atoms with E-state index in [4.69, 9.17) is 5.73 Å². The van der Waals surface area contributed by atoms with Crippen LogP contribution in [0.5, 0.6) is 5.75 Å². The molecule has 1 aromatic rings. The number of aryl methyl sites for hydroxylation is 1. The molecule has 3 heteroatoms. The summed E-state index contributed by atoms with van der Waals surface area (Å²) >= 11 is 0. The second kappa shape index (κ2) is 4.47. The van der Waals surface area contributed by atoms with Crippen LogP contribution in [0.25, 0.3) is 0 Å². The van der Waals surface area contributed by atoms with Crippen molar-refractivity contribution in [2.75, 3.05) is 0 Å². The van der Waals surface area contributed by atoms with Crippen LogP contribution in [-0.4, -0.2) is 22.4 Å². The van der Waals surface area contributed by atoms with Gasteiger partial charge in [0.1, 0.15) is 5.75 Å². The van der Waals surface area contributed by atoms with Gasteiger partial charge in [-0.15, -0.1) is 0 Å². The normalized spacial score (nSPS) is 44.8.